The first-order chi connectivity index (χ1) is 14.0. The molecule has 0 bridgehead atoms. The zero-order chi connectivity index (χ0) is 20.0. The minimum Gasteiger partial charge on any atom is -0.347 e. The highest BCUT2D eigenvalue weighted by molar-refractivity contribution is 7.89. The SMILES string of the molecule is Cc1nc2cnc3nccc3c2c(C2CCC(CS(=O)(=O)NC3CCC3)CC2)[nH]1. The smallest absolute Gasteiger partial charge is 0.212 e. The molecule has 2 aliphatic rings. The van der Waals surface area contributed by atoms with E-state index in [2.05, 4.69) is 24.7 Å². The summed E-state index contributed by atoms with van der Waals surface area (Å²) in [5.41, 5.74) is 2.84. The summed E-state index contributed by atoms with van der Waals surface area (Å²) < 4.78 is 27.8. The maximum atomic E-state index is 12.5. The number of nitrogens with one attached hydrogen (secondary N) is 2. The number of hydrogen-bond acceptors (Lipinski definition) is 5. The van der Waals surface area contributed by atoms with E-state index in [1.165, 1.54) is 5.69 Å². The van der Waals surface area contributed by atoms with Crippen LogP contribution in [0.5, 0.6) is 0 Å². The predicted molar refractivity (Wildman–Crippen MR) is 113 cm³/mol. The molecule has 8 heteroatoms. The zero-order valence-electron chi connectivity index (χ0n) is 16.7. The van der Waals surface area contributed by atoms with E-state index >= 15 is 0 Å². The van der Waals surface area contributed by atoms with E-state index in [-0.39, 0.29) is 17.7 Å². The third kappa shape index (κ3) is 3.75. The number of aryl methyl sites for hydroxylation is 1. The Morgan fingerprint density at radius 1 is 1.14 bits per heavy atom. The normalized spacial score (nSPS) is 23.5. The average Bonchev–Trinajstić information content (AvgIpc) is 3.13. The van der Waals surface area contributed by atoms with Gasteiger partial charge in [0.15, 0.2) is 5.65 Å². The molecule has 3 aromatic rings. The Morgan fingerprint density at radius 2 is 1.93 bits per heavy atom. The van der Waals surface area contributed by atoms with Crippen LogP contribution in [0.1, 0.15) is 62.4 Å². The van der Waals surface area contributed by atoms with Crippen molar-refractivity contribution < 1.29 is 8.42 Å². The van der Waals surface area contributed by atoms with Crippen molar-refractivity contribution in [2.45, 2.75) is 63.8 Å². The van der Waals surface area contributed by atoms with Crippen LogP contribution in [-0.2, 0) is 10.0 Å². The number of pyridine rings is 1. The van der Waals surface area contributed by atoms with Gasteiger partial charge in [-0.2, -0.15) is 0 Å². The average molecular weight is 414 g/mol. The molecule has 0 aromatic carbocycles. The first kappa shape index (κ1) is 18.9. The molecule has 0 amide bonds. The van der Waals surface area contributed by atoms with Crippen LogP contribution in [0.4, 0.5) is 0 Å². The first-order valence-electron chi connectivity index (χ1n) is 10.6. The molecule has 3 aromatic heterocycles. The van der Waals surface area contributed by atoms with E-state index in [9.17, 15) is 8.42 Å². The summed E-state index contributed by atoms with van der Waals surface area (Å²) in [5, 5.41) is 2.15. The molecule has 3 heterocycles. The number of aromatic nitrogens is 4. The molecule has 2 fully saturated rings. The maximum Gasteiger partial charge on any atom is 0.212 e. The van der Waals surface area contributed by atoms with E-state index < -0.39 is 10.0 Å². The maximum absolute atomic E-state index is 12.5. The largest absolute Gasteiger partial charge is 0.347 e. The fraction of sp³-hybridized carbons (Fsp3) is 0.571. The van der Waals surface area contributed by atoms with Crippen molar-refractivity contribution >= 4 is 32.0 Å². The fourth-order valence-corrected chi connectivity index (χ4v) is 6.64. The van der Waals surface area contributed by atoms with Gasteiger partial charge in [0.2, 0.25) is 10.0 Å². The lowest BCUT2D eigenvalue weighted by Gasteiger charge is -2.31. The monoisotopic (exact) mass is 413 g/mol. The topological polar surface area (TPSA) is 101 Å². The summed E-state index contributed by atoms with van der Waals surface area (Å²) in [7, 11) is -3.17. The van der Waals surface area contributed by atoms with Crippen LogP contribution in [0.25, 0.3) is 21.9 Å². The van der Waals surface area contributed by atoms with Gasteiger partial charge < -0.3 is 4.98 Å². The molecule has 7 nitrogen and oxygen atoms in total. The zero-order valence-corrected chi connectivity index (χ0v) is 17.5. The van der Waals surface area contributed by atoms with Crippen molar-refractivity contribution in [2.24, 2.45) is 5.92 Å². The van der Waals surface area contributed by atoms with Gasteiger partial charge in [-0.25, -0.2) is 28.1 Å². The van der Waals surface area contributed by atoms with Crippen molar-refractivity contribution in [3.63, 3.8) is 0 Å². The Morgan fingerprint density at radius 3 is 2.66 bits per heavy atom. The van der Waals surface area contributed by atoms with Crippen molar-refractivity contribution in [3.8, 4) is 0 Å². The summed E-state index contributed by atoms with van der Waals surface area (Å²) in [6.07, 6.45) is 10.5. The van der Waals surface area contributed by atoms with Crippen LogP contribution in [0.2, 0.25) is 0 Å². The van der Waals surface area contributed by atoms with Crippen LogP contribution in [-0.4, -0.2) is 40.1 Å². The molecule has 2 N–H and O–H groups in total. The molecule has 0 saturated heterocycles. The predicted octanol–water partition coefficient (Wildman–Crippen LogP) is 3.56. The lowest BCUT2D eigenvalue weighted by atomic mass is 9.80. The Hall–Kier alpha value is -2.06. The highest BCUT2D eigenvalue weighted by Crippen LogP contribution is 2.39. The standard InChI is InChI=1S/C21H27N5O2S/c1-13-24-18-11-23-21-17(9-10-22-21)19(18)20(25-13)15-7-5-14(6-8-15)12-29(27,28)26-16-3-2-4-16/h9-11,14-16,26H,2-8,12H2,1H3,(H,24,25). The van der Waals surface area contributed by atoms with Crippen LogP contribution < -0.4 is 4.72 Å². The van der Waals surface area contributed by atoms with Crippen molar-refractivity contribution in [3.05, 3.63) is 30.0 Å². The highest BCUT2D eigenvalue weighted by atomic mass is 32.2. The summed E-state index contributed by atoms with van der Waals surface area (Å²) in [4.78, 5) is 16.9. The van der Waals surface area contributed by atoms with Gasteiger partial charge in [0.25, 0.3) is 0 Å². The van der Waals surface area contributed by atoms with Gasteiger partial charge in [0, 0.05) is 28.7 Å². The second kappa shape index (κ2) is 7.32. The van der Waals surface area contributed by atoms with Crippen LogP contribution in [0, 0.1) is 12.8 Å². The molecule has 0 atom stereocenters. The van der Waals surface area contributed by atoms with Crippen molar-refractivity contribution in [1.29, 1.82) is 0 Å². The summed E-state index contributed by atoms with van der Waals surface area (Å²) >= 11 is 0. The van der Waals surface area contributed by atoms with E-state index in [0.29, 0.717) is 5.92 Å². The van der Waals surface area contributed by atoms with Gasteiger partial charge >= 0.3 is 0 Å². The van der Waals surface area contributed by atoms with E-state index in [1.54, 1.807) is 12.4 Å². The third-order valence-electron chi connectivity index (χ3n) is 6.55. The molecule has 154 valence electrons. The van der Waals surface area contributed by atoms with Gasteiger partial charge in [-0.1, -0.05) is 6.42 Å². The first-order valence-corrected chi connectivity index (χ1v) is 12.2. The van der Waals surface area contributed by atoms with Gasteiger partial charge in [-0.05, 0) is 63.4 Å². The van der Waals surface area contributed by atoms with Crippen LogP contribution in [0.15, 0.2) is 18.5 Å². The van der Waals surface area contributed by atoms with E-state index in [1.807, 2.05) is 13.0 Å². The fourth-order valence-electron chi connectivity index (χ4n) is 4.85. The number of aromatic amines is 1. The number of fused-ring (bicyclic) bond motifs is 3. The van der Waals surface area contributed by atoms with Gasteiger partial charge in [0.05, 0.1) is 17.5 Å². The summed E-state index contributed by atoms with van der Waals surface area (Å²) in [6.45, 7) is 1.97. The number of sulfonamides is 1. The Bertz CT molecular complexity index is 1140. The summed E-state index contributed by atoms with van der Waals surface area (Å²) in [5.74, 6) is 1.75. The molecule has 0 radical (unpaired) electrons. The highest BCUT2D eigenvalue weighted by Gasteiger charge is 2.30. The van der Waals surface area contributed by atoms with Crippen molar-refractivity contribution in [1.82, 2.24) is 24.7 Å². The van der Waals surface area contributed by atoms with Gasteiger partial charge in [-0.3, -0.25) is 0 Å². The Labute approximate surface area is 170 Å². The number of nitrogens with zero attached hydrogens (tertiary/aromatic N) is 3. The second-order valence-corrected chi connectivity index (χ2v) is 10.5. The van der Waals surface area contributed by atoms with Crippen LogP contribution >= 0.6 is 0 Å². The molecule has 0 spiro atoms. The lowest BCUT2D eigenvalue weighted by molar-refractivity contribution is 0.340. The minimum atomic E-state index is -3.17. The molecule has 29 heavy (non-hydrogen) atoms. The van der Waals surface area contributed by atoms with Crippen molar-refractivity contribution in [2.75, 3.05) is 5.75 Å². The third-order valence-corrected chi connectivity index (χ3v) is 8.15. The molecule has 2 aliphatic carbocycles. The van der Waals surface area contributed by atoms with Crippen LogP contribution in [0.3, 0.4) is 0 Å². The molecular weight excluding hydrogens is 386 g/mol. The summed E-state index contributed by atoms with van der Waals surface area (Å²) in [6, 6.07) is 2.18. The molecular formula is C21H27N5O2S. The van der Waals surface area contributed by atoms with Gasteiger partial charge in [0.1, 0.15) is 5.82 Å². The van der Waals surface area contributed by atoms with Gasteiger partial charge in [-0.15, -0.1) is 0 Å². The quantitative estimate of drug-likeness (QED) is 0.666. The Balaban J connectivity index is 1.35. The van der Waals surface area contributed by atoms with E-state index in [4.69, 9.17) is 0 Å². The molecule has 5 rings (SSSR count). The Kier molecular flexibility index (Phi) is 4.78. The second-order valence-electron chi connectivity index (χ2n) is 8.68. The number of H-pyrrole nitrogens is 1. The molecule has 0 aliphatic heterocycles. The molecule has 2 saturated carbocycles. The van der Waals surface area contributed by atoms with E-state index in [0.717, 1.165) is 72.7 Å². The number of hydrogen-bond donors (Lipinski definition) is 2. The number of rotatable bonds is 5. The lowest BCUT2D eigenvalue weighted by Crippen LogP contribution is -2.42. The molecule has 0 unspecified atom stereocenters. The minimum absolute atomic E-state index is 0.172.